The highest BCUT2D eigenvalue weighted by Gasteiger charge is 2.06. The molecular formula is C9H8Cl2N4O. The van der Waals surface area contributed by atoms with Crippen LogP contribution in [0.3, 0.4) is 0 Å². The maximum Gasteiger partial charge on any atom is 0.156 e. The number of tetrazole rings is 1. The van der Waals surface area contributed by atoms with Crippen LogP contribution >= 0.6 is 23.2 Å². The number of halogens is 2. The molecular weight excluding hydrogens is 251 g/mol. The van der Waals surface area contributed by atoms with Gasteiger partial charge in [-0.15, -0.1) is 5.10 Å². The minimum Gasteiger partial charge on any atom is -0.489 e. The lowest BCUT2D eigenvalue weighted by atomic mass is 10.3. The highest BCUT2D eigenvalue weighted by molar-refractivity contribution is 6.37. The fraction of sp³-hybridized carbons (Fsp3) is 0.222. The molecule has 0 bridgehead atoms. The van der Waals surface area contributed by atoms with E-state index in [2.05, 4.69) is 15.5 Å². The lowest BCUT2D eigenvalue weighted by Crippen LogP contribution is -2.09. The molecule has 84 valence electrons. The summed E-state index contributed by atoms with van der Waals surface area (Å²) in [4.78, 5) is 0. The zero-order valence-corrected chi connectivity index (χ0v) is 9.69. The summed E-state index contributed by atoms with van der Waals surface area (Å²) in [6.07, 6.45) is 1.51. The SMILES string of the molecule is Clc1cccc(Cl)c1OCCn1cnnn1. The molecule has 0 amide bonds. The van der Waals surface area contributed by atoms with Crippen molar-refractivity contribution in [2.24, 2.45) is 0 Å². The summed E-state index contributed by atoms with van der Waals surface area (Å²) in [6, 6.07) is 5.21. The normalized spacial score (nSPS) is 10.4. The highest BCUT2D eigenvalue weighted by atomic mass is 35.5. The summed E-state index contributed by atoms with van der Waals surface area (Å²) in [5, 5.41) is 11.7. The summed E-state index contributed by atoms with van der Waals surface area (Å²) >= 11 is 11.9. The molecule has 0 radical (unpaired) electrons. The van der Waals surface area contributed by atoms with Gasteiger partial charge in [-0.3, -0.25) is 0 Å². The molecule has 7 heteroatoms. The lowest BCUT2D eigenvalue weighted by molar-refractivity contribution is 0.290. The number of para-hydroxylation sites is 1. The van der Waals surface area contributed by atoms with E-state index in [0.717, 1.165) is 0 Å². The van der Waals surface area contributed by atoms with Crippen LogP contribution in [0, 0.1) is 0 Å². The summed E-state index contributed by atoms with van der Waals surface area (Å²) in [7, 11) is 0. The third-order valence-electron chi connectivity index (χ3n) is 1.88. The Labute approximate surface area is 102 Å². The van der Waals surface area contributed by atoms with Gasteiger partial charge in [-0.05, 0) is 22.6 Å². The van der Waals surface area contributed by atoms with E-state index in [1.54, 1.807) is 22.9 Å². The topological polar surface area (TPSA) is 52.8 Å². The van der Waals surface area contributed by atoms with Gasteiger partial charge in [-0.25, -0.2) is 4.68 Å². The van der Waals surface area contributed by atoms with Crippen LogP contribution in [0.1, 0.15) is 0 Å². The van der Waals surface area contributed by atoms with Crippen molar-refractivity contribution in [1.82, 2.24) is 20.2 Å². The maximum atomic E-state index is 5.93. The Hall–Kier alpha value is -1.33. The zero-order chi connectivity index (χ0) is 11.4. The molecule has 2 aromatic rings. The van der Waals surface area contributed by atoms with E-state index < -0.39 is 0 Å². The van der Waals surface area contributed by atoms with Crippen LogP contribution in [0.15, 0.2) is 24.5 Å². The van der Waals surface area contributed by atoms with E-state index >= 15 is 0 Å². The number of nitrogens with zero attached hydrogens (tertiary/aromatic N) is 4. The van der Waals surface area contributed by atoms with Crippen LogP contribution < -0.4 is 4.74 Å². The van der Waals surface area contributed by atoms with Gasteiger partial charge in [0.15, 0.2) is 5.75 Å². The van der Waals surface area contributed by atoms with E-state index in [1.807, 2.05) is 0 Å². The average molecular weight is 259 g/mol. The summed E-state index contributed by atoms with van der Waals surface area (Å²) < 4.78 is 7.02. The third-order valence-corrected chi connectivity index (χ3v) is 2.47. The molecule has 0 spiro atoms. The molecule has 1 heterocycles. The first-order valence-electron chi connectivity index (χ1n) is 4.55. The number of aromatic nitrogens is 4. The van der Waals surface area contributed by atoms with E-state index in [0.29, 0.717) is 28.9 Å². The average Bonchev–Trinajstić information content (AvgIpc) is 2.75. The second-order valence-corrected chi connectivity index (χ2v) is 3.79. The standard InChI is InChI=1S/C9H8Cl2N4O/c10-7-2-1-3-8(11)9(7)16-5-4-15-6-12-13-14-15/h1-3,6H,4-5H2. The van der Waals surface area contributed by atoms with Crippen LogP contribution in [-0.2, 0) is 6.54 Å². The molecule has 0 aliphatic carbocycles. The van der Waals surface area contributed by atoms with Gasteiger partial charge in [-0.1, -0.05) is 29.3 Å². The molecule has 0 saturated heterocycles. The van der Waals surface area contributed by atoms with Crippen LogP contribution in [0.2, 0.25) is 10.0 Å². The van der Waals surface area contributed by atoms with Crippen LogP contribution in [0.4, 0.5) is 0 Å². The molecule has 0 fully saturated rings. The summed E-state index contributed by atoms with van der Waals surface area (Å²) in [5.41, 5.74) is 0. The van der Waals surface area contributed by atoms with Gasteiger partial charge in [0.05, 0.1) is 16.6 Å². The largest absolute Gasteiger partial charge is 0.489 e. The predicted octanol–water partition coefficient (Wildman–Crippen LogP) is 2.06. The molecule has 1 aromatic carbocycles. The zero-order valence-electron chi connectivity index (χ0n) is 8.18. The second kappa shape index (κ2) is 5.14. The second-order valence-electron chi connectivity index (χ2n) is 2.97. The Morgan fingerprint density at radius 2 is 2.00 bits per heavy atom. The van der Waals surface area contributed by atoms with Crippen molar-refractivity contribution in [2.75, 3.05) is 6.61 Å². The van der Waals surface area contributed by atoms with Gasteiger partial charge in [0.25, 0.3) is 0 Å². The minimum atomic E-state index is 0.397. The summed E-state index contributed by atoms with van der Waals surface area (Å²) in [6.45, 7) is 0.934. The van der Waals surface area contributed by atoms with Crippen molar-refractivity contribution in [3.05, 3.63) is 34.6 Å². The monoisotopic (exact) mass is 258 g/mol. The lowest BCUT2D eigenvalue weighted by Gasteiger charge is -2.08. The quantitative estimate of drug-likeness (QED) is 0.843. The molecule has 2 rings (SSSR count). The van der Waals surface area contributed by atoms with Crippen LogP contribution in [0.5, 0.6) is 5.75 Å². The summed E-state index contributed by atoms with van der Waals surface area (Å²) in [5.74, 6) is 0.485. The highest BCUT2D eigenvalue weighted by Crippen LogP contribution is 2.32. The van der Waals surface area contributed by atoms with E-state index in [1.165, 1.54) is 6.33 Å². The predicted molar refractivity (Wildman–Crippen MR) is 59.8 cm³/mol. The van der Waals surface area contributed by atoms with Gasteiger partial charge in [0.2, 0.25) is 0 Å². The number of ether oxygens (including phenoxy) is 1. The first kappa shape index (κ1) is 11.2. The van der Waals surface area contributed by atoms with Crippen molar-refractivity contribution in [3.8, 4) is 5.75 Å². The fourth-order valence-corrected chi connectivity index (χ4v) is 1.65. The van der Waals surface area contributed by atoms with Gasteiger partial charge < -0.3 is 4.74 Å². The van der Waals surface area contributed by atoms with Crippen LogP contribution in [0.25, 0.3) is 0 Å². The molecule has 0 atom stereocenters. The number of hydrogen-bond donors (Lipinski definition) is 0. The van der Waals surface area contributed by atoms with E-state index in [9.17, 15) is 0 Å². The van der Waals surface area contributed by atoms with Gasteiger partial charge in [0, 0.05) is 0 Å². The van der Waals surface area contributed by atoms with E-state index in [-0.39, 0.29) is 0 Å². The number of rotatable bonds is 4. The van der Waals surface area contributed by atoms with E-state index in [4.69, 9.17) is 27.9 Å². The molecule has 0 saturated carbocycles. The molecule has 0 aliphatic heterocycles. The molecule has 1 aromatic heterocycles. The third kappa shape index (κ3) is 2.62. The Kier molecular flexibility index (Phi) is 3.58. The van der Waals surface area contributed by atoms with Gasteiger partial charge >= 0.3 is 0 Å². The Balaban J connectivity index is 1.95. The fourth-order valence-electron chi connectivity index (χ4n) is 1.14. The molecule has 0 unspecified atom stereocenters. The molecule has 5 nitrogen and oxygen atoms in total. The molecule has 16 heavy (non-hydrogen) atoms. The smallest absolute Gasteiger partial charge is 0.156 e. The van der Waals surface area contributed by atoms with Crippen molar-refractivity contribution in [2.45, 2.75) is 6.54 Å². The van der Waals surface area contributed by atoms with Crippen molar-refractivity contribution in [1.29, 1.82) is 0 Å². The first-order chi connectivity index (χ1) is 7.77. The maximum absolute atomic E-state index is 5.93. The number of hydrogen-bond acceptors (Lipinski definition) is 4. The molecule has 0 aliphatic rings. The minimum absolute atomic E-state index is 0.397. The van der Waals surface area contributed by atoms with Crippen molar-refractivity contribution >= 4 is 23.2 Å². The van der Waals surface area contributed by atoms with Gasteiger partial charge in [-0.2, -0.15) is 0 Å². The Morgan fingerprint density at radius 1 is 1.25 bits per heavy atom. The molecule has 0 N–H and O–H groups in total. The van der Waals surface area contributed by atoms with Crippen LogP contribution in [-0.4, -0.2) is 26.8 Å². The Bertz CT molecular complexity index is 440. The van der Waals surface area contributed by atoms with Crippen molar-refractivity contribution in [3.63, 3.8) is 0 Å². The van der Waals surface area contributed by atoms with Gasteiger partial charge in [0.1, 0.15) is 12.9 Å². The Morgan fingerprint density at radius 3 is 2.62 bits per heavy atom. The van der Waals surface area contributed by atoms with Crippen molar-refractivity contribution < 1.29 is 4.74 Å². The number of benzene rings is 1. The first-order valence-corrected chi connectivity index (χ1v) is 5.30.